The Morgan fingerprint density at radius 1 is 1.06 bits per heavy atom. The fourth-order valence-corrected chi connectivity index (χ4v) is 4.42. The molecule has 2 atom stereocenters. The Bertz CT molecular complexity index is 1040. The Morgan fingerprint density at radius 3 is 2.36 bits per heavy atom. The molecule has 1 aromatic carbocycles. The highest BCUT2D eigenvalue weighted by molar-refractivity contribution is 5.97. The average Bonchev–Trinajstić information content (AvgIpc) is 3.13. The normalized spacial score (nSPS) is 17.8. The Kier molecular flexibility index (Phi) is 7.99. The summed E-state index contributed by atoms with van der Waals surface area (Å²) < 4.78 is 16.2. The zero-order valence-electron chi connectivity index (χ0n) is 19.4. The van der Waals surface area contributed by atoms with Crippen molar-refractivity contribution in [1.29, 1.82) is 0 Å². The lowest BCUT2D eigenvalue weighted by Crippen LogP contribution is -2.51. The number of aromatic nitrogens is 1. The van der Waals surface area contributed by atoms with Crippen molar-refractivity contribution in [3.05, 3.63) is 35.5 Å². The number of esters is 1. The van der Waals surface area contributed by atoms with Gasteiger partial charge in [-0.15, -0.1) is 0 Å². The van der Waals surface area contributed by atoms with Crippen LogP contribution in [0, 0.1) is 0 Å². The maximum absolute atomic E-state index is 13.2. The summed E-state index contributed by atoms with van der Waals surface area (Å²) in [5.41, 5.74) is 2.78. The first-order chi connectivity index (χ1) is 15.7. The molecular formula is C24H30N2O7. The molecule has 178 valence electrons. The highest BCUT2D eigenvalue weighted by Crippen LogP contribution is 2.40. The number of ketones is 2. The largest absolute Gasteiger partial charge is 0.463 e. The summed E-state index contributed by atoms with van der Waals surface area (Å²) in [5, 5.41) is 1.02. The first-order valence-electron chi connectivity index (χ1n) is 10.9. The number of nitrogens with one attached hydrogen (secondary N) is 1. The Hall–Kier alpha value is -3.04. The van der Waals surface area contributed by atoms with E-state index in [1.165, 1.54) is 28.1 Å². The van der Waals surface area contributed by atoms with Crippen LogP contribution in [0.25, 0.3) is 10.9 Å². The van der Waals surface area contributed by atoms with E-state index in [-0.39, 0.29) is 36.9 Å². The molecule has 0 fully saturated rings. The summed E-state index contributed by atoms with van der Waals surface area (Å²) in [4.78, 5) is 53.4. The highest BCUT2D eigenvalue weighted by atomic mass is 16.7. The van der Waals surface area contributed by atoms with Gasteiger partial charge in [-0.25, -0.2) is 0 Å². The molecule has 1 N–H and O–H groups in total. The predicted molar refractivity (Wildman–Crippen MR) is 119 cm³/mol. The molecule has 2 aromatic rings. The number of aromatic amines is 1. The number of hydrogen-bond donors (Lipinski definition) is 1. The smallest absolute Gasteiger partial charge is 0.313 e. The topological polar surface area (TPSA) is 115 Å². The lowest BCUT2D eigenvalue weighted by Gasteiger charge is -2.42. The number of Topliss-reactive ketones (excluding diaryl/α,β-unsaturated/α-hetero) is 2. The van der Waals surface area contributed by atoms with E-state index in [2.05, 4.69) is 4.98 Å². The molecule has 0 saturated carbocycles. The lowest BCUT2D eigenvalue weighted by molar-refractivity contribution is -0.156. The van der Waals surface area contributed by atoms with Crippen LogP contribution in [0.4, 0.5) is 0 Å². The van der Waals surface area contributed by atoms with E-state index in [1.54, 1.807) is 4.90 Å². The number of para-hydroxylation sites is 1. The van der Waals surface area contributed by atoms with Gasteiger partial charge in [-0.3, -0.25) is 19.2 Å². The molecule has 9 nitrogen and oxygen atoms in total. The molecule has 3 rings (SSSR count). The number of hydrogen-bond acceptors (Lipinski definition) is 7. The number of fused-ring (bicyclic) bond motifs is 3. The van der Waals surface area contributed by atoms with Gasteiger partial charge in [0.05, 0.1) is 18.5 Å². The molecule has 9 heteroatoms. The van der Waals surface area contributed by atoms with Crippen molar-refractivity contribution < 1.29 is 33.4 Å². The molecule has 1 unspecified atom stereocenters. The minimum atomic E-state index is -0.644. The predicted octanol–water partition coefficient (Wildman–Crippen LogP) is 2.47. The monoisotopic (exact) mass is 458 g/mol. The molecule has 0 spiro atoms. The number of H-pyrrole nitrogens is 1. The van der Waals surface area contributed by atoms with Crippen LogP contribution in [0.15, 0.2) is 24.3 Å². The van der Waals surface area contributed by atoms with Crippen LogP contribution in [0.1, 0.15) is 50.4 Å². The molecule has 0 bridgehead atoms. The van der Waals surface area contributed by atoms with Gasteiger partial charge in [0, 0.05) is 37.2 Å². The first kappa shape index (κ1) is 24.6. The molecule has 1 amide bonds. The molecule has 0 saturated heterocycles. The number of carbonyl (C=O) groups excluding carboxylic acids is 4. The van der Waals surface area contributed by atoms with Crippen molar-refractivity contribution in [2.75, 3.05) is 20.8 Å². The summed E-state index contributed by atoms with van der Waals surface area (Å²) >= 11 is 0. The van der Waals surface area contributed by atoms with Crippen LogP contribution in [-0.4, -0.2) is 66.5 Å². The summed E-state index contributed by atoms with van der Waals surface area (Å²) in [6.45, 7) is 2.59. The molecule has 1 aromatic heterocycles. The van der Waals surface area contributed by atoms with Gasteiger partial charge in [0.25, 0.3) is 0 Å². The fourth-order valence-electron chi connectivity index (χ4n) is 4.42. The number of methoxy groups -OCH3 is 2. The van der Waals surface area contributed by atoms with E-state index in [0.717, 1.165) is 22.2 Å². The zero-order chi connectivity index (χ0) is 24.1. The number of ether oxygens (including phenoxy) is 3. The van der Waals surface area contributed by atoms with E-state index in [0.29, 0.717) is 12.8 Å². The van der Waals surface area contributed by atoms with Gasteiger partial charge in [-0.05, 0) is 31.9 Å². The first-order valence-corrected chi connectivity index (χ1v) is 10.9. The second kappa shape index (κ2) is 10.7. The number of carbonyl (C=O) groups is 4. The van der Waals surface area contributed by atoms with E-state index in [9.17, 15) is 19.2 Å². The van der Waals surface area contributed by atoms with Crippen LogP contribution in [-0.2, 0) is 39.8 Å². The summed E-state index contributed by atoms with van der Waals surface area (Å²) in [6.07, 6.45) is -0.452. The van der Waals surface area contributed by atoms with Crippen LogP contribution < -0.4 is 0 Å². The Balaban J connectivity index is 2.04. The van der Waals surface area contributed by atoms with Gasteiger partial charge in [0.2, 0.25) is 5.91 Å². The quantitative estimate of drug-likeness (QED) is 0.330. The van der Waals surface area contributed by atoms with Crippen molar-refractivity contribution >= 4 is 34.3 Å². The fraction of sp³-hybridized carbons (Fsp3) is 0.500. The second-order valence-electron chi connectivity index (χ2n) is 8.31. The Morgan fingerprint density at radius 2 is 1.73 bits per heavy atom. The molecule has 2 heterocycles. The SMILES string of the molecule is COC(CC1c2[nH]c3ccccc3c2C[C@@H](COC(=O)CC(C)=O)N1C(=O)CC(C)=O)OC. The van der Waals surface area contributed by atoms with Gasteiger partial charge in [0.1, 0.15) is 24.6 Å². The van der Waals surface area contributed by atoms with Crippen molar-refractivity contribution in [3.8, 4) is 0 Å². The van der Waals surface area contributed by atoms with Gasteiger partial charge in [-0.1, -0.05) is 18.2 Å². The minimum absolute atomic E-state index is 0.0875. The highest BCUT2D eigenvalue weighted by Gasteiger charge is 2.41. The molecule has 0 aliphatic carbocycles. The summed E-state index contributed by atoms with van der Waals surface area (Å²) in [6, 6.07) is 6.81. The van der Waals surface area contributed by atoms with Crippen LogP contribution in [0.3, 0.4) is 0 Å². The number of amides is 1. The van der Waals surface area contributed by atoms with Crippen molar-refractivity contribution in [3.63, 3.8) is 0 Å². The second-order valence-corrected chi connectivity index (χ2v) is 8.31. The summed E-state index contributed by atoms with van der Waals surface area (Å²) in [5.74, 6) is -1.57. The average molecular weight is 459 g/mol. The van der Waals surface area contributed by atoms with E-state index >= 15 is 0 Å². The van der Waals surface area contributed by atoms with Crippen LogP contribution in [0.5, 0.6) is 0 Å². The standard InChI is InChI=1S/C24H30N2O7/c1-14(27)9-21(29)26-16(13-33-22(30)10-15(2)28)11-18-17-7-5-6-8-19(17)25-24(18)20(26)12-23(31-3)32-4/h5-8,16,20,23,25H,9-13H2,1-4H3/t16-,20?/m0/s1. The van der Waals surface area contributed by atoms with Crippen molar-refractivity contribution in [2.24, 2.45) is 0 Å². The molecule has 33 heavy (non-hydrogen) atoms. The van der Waals surface area contributed by atoms with E-state index in [1.807, 2.05) is 24.3 Å². The number of benzene rings is 1. The molecule has 0 radical (unpaired) electrons. The minimum Gasteiger partial charge on any atom is -0.463 e. The number of nitrogens with zero attached hydrogens (tertiary/aromatic N) is 1. The molecule has 1 aliphatic heterocycles. The number of rotatable bonds is 10. The zero-order valence-corrected chi connectivity index (χ0v) is 19.4. The summed E-state index contributed by atoms with van der Waals surface area (Å²) in [7, 11) is 3.04. The molecular weight excluding hydrogens is 428 g/mol. The van der Waals surface area contributed by atoms with Crippen LogP contribution >= 0.6 is 0 Å². The third-order valence-corrected chi connectivity index (χ3v) is 5.81. The van der Waals surface area contributed by atoms with Crippen molar-refractivity contribution in [2.45, 2.75) is 57.9 Å². The van der Waals surface area contributed by atoms with E-state index < -0.39 is 24.3 Å². The maximum atomic E-state index is 13.2. The van der Waals surface area contributed by atoms with Gasteiger partial charge < -0.3 is 24.1 Å². The van der Waals surface area contributed by atoms with E-state index in [4.69, 9.17) is 14.2 Å². The van der Waals surface area contributed by atoms with Gasteiger partial charge in [-0.2, -0.15) is 0 Å². The van der Waals surface area contributed by atoms with Gasteiger partial charge in [0.15, 0.2) is 6.29 Å². The Labute approximate surface area is 192 Å². The third kappa shape index (κ3) is 5.66. The maximum Gasteiger partial charge on any atom is 0.313 e. The molecule has 1 aliphatic rings. The van der Waals surface area contributed by atoms with Crippen LogP contribution in [0.2, 0.25) is 0 Å². The van der Waals surface area contributed by atoms with Crippen molar-refractivity contribution in [1.82, 2.24) is 9.88 Å². The lowest BCUT2D eigenvalue weighted by atomic mass is 9.89. The third-order valence-electron chi connectivity index (χ3n) is 5.81. The van der Waals surface area contributed by atoms with Gasteiger partial charge >= 0.3 is 5.97 Å².